The van der Waals surface area contributed by atoms with Gasteiger partial charge in [0, 0.05) is 17.3 Å². The molecule has 0 aliphatic carbocycles. The van der Waals surface area contributed by atoms with E-state index in [4.69, 9.17) is 10.5 Å². The standard InChI is InChI=1S/C15H16N2O2/c1-10-4-3-5-11(8-10)15(18)17-12-6-7-13(16)14(9-12)19-2/h3-9H,16H2,1-2H3,(H,17,18). The van der Waals surface area contributed by atoms with E-state index in [0.29, 0.717) is 22.7 Å². The zero-order chi connectivity index (χ0) is 13.8. The summed E-state index contributed by atoms with van der Waals surface area (Å²) < 4.78 is 5.12. The number of hydrogen-bond donors (Lipinski definition) is 2. The summed E-state index contributed by atoms with van der Waals surface area (Å²) in [6, 6.07) is 12.6. The van der Waals surface area contributed by atoms with Gasteiger partial charge in [-0.25, -0.2) is 0 Å². The van der Waals surface area contributed by atoms with Crippen molar-refractivity contribution in [1.82, 2.24) is 0 Å². The van der Waals surface area contributed by atoms with Crippen LogP contribution in [0, 0.1) is 6.92 Å². The molecule has 98 valence electrons. The quantitative estimate of drug-likeness (QED) is 0.830. The van der Waals surface area contributed by atoms with Gasteiger partial charge in [0.1, 0.15) is 5.75 Å². The van der Waals surface area contributed by atoms with Gasteiger partial charge < -0.3 is 15.8 Å². The van der Waals surface area contributed by atoms with Gasteiger partial charge in [-0.2, -0.15) is 0 Å². The molecule has 0 aromatic heterocycles. The van der Waals surface area contributed by atoms with Crippen molar-refractivity contribution in [3.8, 4) is 5.75 Å². The van der Waals surface area contributed by atoms with Crippen LogP contribution in [0.15, 0.2) is 42.5 Å². The number of rotatable bonds is 3. The van der Waals surface area contributed by atoms with E-state index in [1.807, 2.05) is 25.1 Å². The predicted molar refractivity (Wildman–Crippen MR) is 76.5 cm³/mol. The normalized spacial score (nSPS) is 10.0. The smallest absolute Gasteiger partial charge is 0.255 e. The number of methoxy groups -OCH3 is 1. The average molecular weight is 256 g/mol. The molecule has 19 heavy (non-hydrogen) atoms. The molecule has 0 aliphatic heterocycles. The van der Waals surface area contributed by atoms with E-state index in [-0.39, 0.29) is 5.91 Å². The number of aryl methyl sites for hydroxylation is 1. The van der Waals surface area contributed by atoms with E-state index in [1.54, 1.807) is 24.3 Å². The SMILES string of the molecule is COc1cc(NC(=O)c2cccc(C)c2)ccc1N. The fourth-order valence-corrected chi connectivity index (χ4v) is 1.78. The van der Waals surface area contributed by atoms with Crippen LogP contribution in [0.3, 0.4) is 0 Å². The van der Waals surface area contributed by atoms with Crippen molar-refractivity contribution in [1.29, 1.82) is 0 Å². The second-order valence-electron chi connectivity index (χ2n) is 4.28. The second kappa shape index (κ2) is 5.44. The van der Waals surface area contributed by atoms with E-state index in [9.17, 15) is 4.79 Å². The van der Waals surface area contributed by atoms with Gasteiger partial charge >= 0.3 is 0 Å². The minimum Gasteiger partial charge on any atom is -0.495 e. The average Bonchev–Trinajstić information content (AvgIpc) is 2.41. The molecule has 0 spiro atoms. The summed E-state index contributed by atoms with van der Waals surface area (Å²) in [6.45, 7) is 1.95. The minimum atomic E-state index is -0.157. The Morgan fingerprint density at radius 1 is 1.21 bits per heavy atom. The fraction of sp³-hybridized carbons (Fsp3) is 0.133. The lowest BCUT2D eigenvalue weighted by molar-refractivity contribution is 0.102. The molecule has 2 rings (SSSR count). The highest BCUT2D eigenvalue weighted by Crippen LogP contribution is 2.25. The number of anilines is 2. The number of nitrogen functional groups attached to an aromatic ring is 1. The van der Waals surface area contributed by atoms with E-state index in [0.717, 1.165) is 5.56 Å². The molecule has 0 atom stereocenters. The molecular formula is C15H16N2O2. The molecule has 0 aliphatic rings. The number of carbonyl (C=O) groups excluding carboxylic acids is 1. The Morgan fingerprint density at radius 3 is 2.68 bits per heavy atom. The van der Waals surface area contributed by atoms with Crippen LogP contribution in [0.2, 0.25) is 0 Å². The molecule has 0 bridgehead atoms. The summed E-state index contributed by atoms with van der Waals surface area (Å²) in [5, 5.41) is 2.81. The molecule has 0 saturated carbocycles. The maximum absolute atomic E-state index is 12.1. The Bertz CT molecular complexity index is 609. The zero-order valence-electron chi connectivity index (χ0n) is 10.9. The largest absolute Gasteiger partial charge is 0.495 e. The molecule has 0 radical (unpaired) electrons. The number of carbonyl (C=O) groups is 1. The zero-order valence-corrected chi connectivity index (χ0v) is 10.9. The summed E-state index contributed by atoms with van der Waals surface area (Å²) in [6.07, 6.45) is 0. The van der Waals surface area contributed by atoms with Gasteiger partial charge in [0.25, 0.3) is 5.91 Å². The van der Waals surface area contributed by atoms with E-state index >= 15 is 0 Å². The molecular weight excluding hydrogens is 240 g/mol. The Balaban J connectivity index is 2.19. The summed E-state index contributed by atoms with van der Waals surface area (Å²) in [4.78, 5) is 12.1. The van der Waals surface area contributed by atoms with E-state index in [2.05, 4.69) is 5.32 Å². The molecule has 4 heteroatoms. The Morgan fingerprint density at radius 2 is 2.00 bits per heavy atom. The van der Waals surface area contributed by atoms with Gasteiger partial charge in [-0.15, -0.1) is 0 Å². The molecule has 0 heterocycles. The van der Waals surface area contributed by atoms with Gasteiger partial charge in [0.05, 0.1) is 12.8 Å². The van der Waals surface area contributed by atoms with Crippen molar-refractivity contribution in [2.75, 3.05) is 18.2 Å². The number of benzene rings is 2. The number of nitrogens with two attached hydrogens (primary N) is 1. The Labute approximate surface area is 112 Å². The van der Waals surface area contributed by atoms with Crippen molar-refractivity contribution in [3.05, 3.63) is 53.6 Å². The minimum absolute atomic E-state index is 0.157. The van der Waals surface area contributed by atoms with Gasteiger partial charge in [-0.05, 0) is 31.2 Å². The third-order valence-corrected chi connectivity index (χ3v) is 2.77. The lowest BCUT2D eigenvalue weighted by atomic mass is 10.1. The van der Waals surface area contributed by atoms with Crippen LogP contribution < -0.4 is 15.8 Å². The maximum atomic E-state index is 12.1. The molecule has 0 fully saturated rings. The van der Waals surface area contributed by atoms with Gasteiger partial charge in [0.15, 0.2) is 0 Å². The van der Waals surface area contributed by atoms with Crippen LogP contribution in [0.25, 0.3) is 0 Å². The third-order valence-electron chi connectivity index (χ3n) is 2.77. The van der Waals surface area contributed by atoms with E-state index < -0.39 is 0 Å². The molecule has 0 saturated heterocycles. The molecule has 0 unspecified atom stereocenters. The maximum Gasteiger partial charge on any atom is 0.255 e. The predicted octanol–water partition coefficient (Wildman–Crippen LogP) is 2.84. The first-order valence-corrected chi connectivity index (χ1v) is 5.91. The topological polar surface area (TPSA) is 64.3 Å². The van der Waals surface area contributed by atoms with Crippen LogP contribution in [-0.2, 0) is 0 Å². The number of nitrogens with one attached hydrogen (secondary N) is 1. The summed E-state index contributed by atoms with van der Waals surface area (Å²) in [5.41, 5.74) is 8.58. The van der Waals surface area contributed by atoms with Crippen molar-refractivity contribution in [2.24, 2.45) is 0 Å². The van der Waals surface area contributed by atoms with Crippen molar-refractivity contribution < 1.29 is 9.53 Å². The van der Waals surface area contributed by atoms with Crippen LogP contribution in [0.5, 0.6) is 5.75 Å². The highest BCUT2D eigenvalue weighted by Gasteiger charge is 2.07. The Hall–Kier alpha value is -2.49. The molecule has 1 amide bonds. The monoisotopic (exact) mass is 256 g/mol. The van der Waals surface area contributed by atoms with Crippen LogP contribution in [0.1, 0.15) is 15.9 Å². The Kier molecular flexibility index (Phi) is 3.71. The van der Waals surface area contributed by atoms with Gasteiger partial charge in [0.2, 0.25) is 0 Å². The van der Waals surface area contributed by atoms with Crippen LogP contribution >= 0.6 is 0 Å². The second-order valence-corrected chi connectivity index (χ2v) is 4.28. The van der Waals surface area contributed by atoms with Gasteiger partial charge in [-0.3, -0.25) is 4.79 Å². The first-order chi connectivity index (χ1) is 9.10. The van der Waals surface area contributed by atoms with Gasteiger partial charge in [-0.1, -0.05) is 17.7 Å². The number of amides is 1. The molecule has 2 aromatic carbocycles. The first-order valence-electron chi connectivity index (χ1n) is 5.91. The highest BCUT2D eigenvalue weighted by molar-refractivity contribution is 6.04. The molecule has 3 N–H and O–H groups in total. The fourth-order valence-electron chi connectivity index (χ4n) is 1.78. The van der Waals surface area contributed by atoms with Crippen molar-refractivity contribution >= 4 is 17.3 Å². The highest BCUT2D eigenvalue weighted by atomic mass is 16.5. The summed E-state index contributed by atoms with van der Waals surface area (Å²) in [7, 11) is 1.54. The molecule has 2 aromatic rings. The van der Waals surface area contributed by atoms with Crippen molar-refractivity contribution in [3.63, 3.8) is 0 Å². The number of ether oxygens (including phenoxy) is 1. The van der Waals surface area contributed by atoms with E-state index in [1.165, 1.54) is 7.11 Å². The van der Waals surface area contributed by atoms with Crippen LogP contribution in [0.4, 0.5) is 11.4 Å². The third kappa shape index (κ3) is 3.04. The van der Waals surface area contributed by atoms with Crippen LogP contribution in [-0.4, -0.2) is 13.0 Å². The lowest BCUT2D eigenvalue weighted by Gasteiger charge is -2.09. The summed E-state index contributed by atoms with van der Waals surface area (Å²) >= 11 is 0. The summed E-state index contributed by atoms with van der Waals surface area (Å²) in [5.74, 6) is 0.387. The number of hydrogen-bond acceptors (Lipinski definition) is 3. The molecule has 4 nitrogen and oxygen atoms in total. The van der Waals surface area contributed by atoms with Crippen molar-refractivity contribution in [2.45, 2.75) is 6.92 Å². The first kappa shape index (κ1) is 13.0. The lowest BCUT2D eigenvalue weighted by Crippen LogP contribution is -2.12.